The first kappa shape index (κ1) is 23.2. The van der Waals surface area contributed by atoms with E-state index in [9.17, 15) is 0 Å². The largest absolute Gasteiger partial charge is 0.456 e. The molecular formula is C39H21N3O3. The van der Waals surface area contributed by atoms with E-state index in [1.165, 1.54) is 0 Å². The Labute approximate surface area is 256 Å². The zero-order valence-electron chi connectivity index (χ0n) is 24.6. The van der Waals surface area contributed by atoms with Crippen molar-refractivity contribution in [1.29, 1.82) is 0 Å². The maximum absolute atomic E-state index is 8.00. The summed E-state index contributed by atoms with van der Waals surface area (Å²) < 4.78 is 26.6. The van der Waals surface area contributed by atoms with Crippen LogP contribution < -0.4 is 0 Å². The zero-order valence-corrected chi connectivity index (χ0v) is 23.6. The standard InChI is InChI=1S/C39H21N3O3/c1-4-10-31-25(7-1)28-16-13-22(19-34(28)43-31)37-40-38(23-14-17-29-26-8-2-5-11-32(26)44-35(29)20-23)42-39(41-37)24-15-18-30-27-9-3-6-12-33(27)45-36(30)21-24/h1-21H/i4D. The second kappa shape index (κ2) is 9.11. The van der Waals surface area contributed by atoms with E-state index in [1.54, 1.807) is 12.1 Å². The smallest absolute Gasteiger partial charge is 0.164 e. The first-order valence-corrected chi connectivity index (χ1v) is 14.7. The lowest BCUT2D eigenvalue weighted by Crippen LogP contribution is -2.00. The molecule has 210 valence electrons. The lowest BCUT2D eigenvalue weighted by molar-refractivity contribution is 0.668. The summed E-state index contributed by atoms with van der Waals surface area (Å²) in [6.45, 7) is 0. The quantitative estimate of drug-likeness (QED) is 0.207. The van der Waals surface area contributed by atoms with Crippen molar-refractivity contribution in [3.63, 3.8) is 0 Å². The molecule has 0 bridgehead atoms. The molecular weight excluding hydrogens is 558 g/mol. The number of hydrogen-bond donors (Lipinski definition) is 0. The number of furan rings is 3. The van der Waals surface area contributed by atoms with Gasteiger partial charge in [0.15, 0.2) is 17.5 Å². The van der Waals surface area contributed by atoms with Gasteiger partial charge in [-0.3, -0.25) is 0 Å². The molecule has 4 heterocycles. The molecule has 0 atom stereocenters. The Kier molecular flexibility index (Phi) is 4.70. The summed E-state index contributed by atoms with van der Waals surface area (Å²) in [6, 6.07) is 40.0. The van der Waals surface area contributed by atoms with Gasteiger partial charge in [-0.15, -0.1) is 0 Å². The van der Waals surface area contributed by atoms with Gasteiger partial charge in [0.1, 0.15) is 33.5 Å². The van der Waals surface area contributed by atoms with Crippen molar-refractivity contribution in [2.45, 2.75) is 0 Å². The molecule has 0 aliphatic heterocycles. The van der Waals surface area contributed by atoms with Gasteiger partial charge in [0.2, 0.25) is 0 Å². The summed E-state index contributed by atoms with van der Waals surface area (Å²) in [5, 5.41) is 6.14. The van der Waals surface area contributed by atoms with Crippen LogP contribution in [0.4, 0.5) is 0 Å². The minimum Gasteiger partial charge on any atom is -0.456 e. The van der Waals surface area contributed by atoms with Gasteiger partial charge in [-0.1, -0.05) is 72.8 Å². The Balaban J connectivity index is 1.18. The number of nitrogens with zero attached hydrogens (tertiary/aromatic N) is 3. The van der Waals surface area contributed by atoms with Crippen molar-refractivity contribution < 1.29 is 14.6 Å². The van der Waals surface area contributed by atoms with Gasteiger partial charge in [0, 0.05) is 49.0 Å². The SMILES string of the molecule is [2H]c1ccc2c(c1)oc1cc(-c3nc(-c4ccc5c(c4)oc4ccccc45)nc(-c4ccc5c(c4)oc4ccccc45)n3)ccc12. The Morgan fingerprint density at radius 3 is 1.16 bits per heavy atom. The second-order valence-electron chi connectivity index (χ2n) is 11.2. The minimum atomic E-state index is 0.404. The Hall–Kier alpha value is -6.27. The number of aromatic nitrogens is 3. The normalized spacial score (nSPS) is 12.3. The summed E-state index contributed by atoms with van der Waals surface area (Å²) in [6.07, 6.45) is 0. The topological polar surface area (TPSA) is 78.1 Å². The van der Waals surface area contributed by atoms with Crippen molar-refractivity contribution in [2.24, 2.45) is 0 Å². The molecule has 45 heavy (non-hydrogen) atoms. The summed E-state index contributed by atoms with van der Waals surface area (Å²) in [5.74, 6) is 1.56. The lowest BCUT2D eigenvalue weighted by atomic mass is 10.1. The predicted molar refractivity (Wildman–Crippen MR) is 178 cm³/mol. The van der Waals surface area contributed by atoms with Crippen molar-refractivity contribution in [1.82, 2.24) is 15.0 Å². The van der Waals surface area contributed by atoms with Crippen molar-refractivity contribution in [3.05, 3.63) is 127 Å². The molecule has 10 rings (SSSR count). The van der Waals surface area contributed by atoms with E-state index in [0.29, 0.717) is 34.7 Å². The van der Waals surface area contributed by atoms with E-state index in [2.05, 4.69) is 24.3 Å². The second-order valence-corrected chi connectivity index (χ2v) is 11.2. The molecule has 0 N–H and O–H groups in total. The van der Waals surface area contributed by atoms with E-state index < -0.39 is 0 Å². The molecule has 0 radical (unpaired) electrons. The van der Waals surface area contributed by atoms with E-state index in [1.807, 2.05) is 84.9 Å². The van der Waals surface area contributed by atoms with E-state index in [-0.39, 0.29) is 0 Å². The summed E-state index contributed by atoms with van der Waals surface area (Å²) in [4.78, 5) is 14.9. The maximum Gasteiger partial charge on any atom is 0.164 e. The minimum absolute atomic E-state index is 0.404. The van der Waals surface area contributed by atoms with Crippen LogP contribution in [-0.2, 0) is 0 Å². The van der Waals surface area contributed by atoms with Crippen molar-refractivity contribution >= 4 is 65.8 Å². The molecule has 0 aliphatic rings. The molecule has 0 unspecified atom stereocenters. The third-order valence-corrected chi connectivity index (χ3v) is 8.49. The monoisotopic (exact) mass is 580 g/mol. The molecule has 0 saturated heterocycles. The highest BCUT2D eigenvalue weighted by molar-refractivity contribution is 6.07. The molecule has 4 aromatic heterocycles. The molecule has 6 nitrogen and oxygen atoms in total. The fourth-order valence-electron chi connectivity index (χ4n) is 6.30. The van der Waals surface area contributed by atoms with Crippen molar-refractivity contribution in [3.8, 4) is 34.2 Å². The molecule has 0 fully saturated rings. The van der Waals surface area contributed by atoms with Crippen LogP contribution >= 0.6 is 0 Å². The third kappa shape index (κ3) is 3.72. The Morgan fingerprint density at radius 1 is 0.356 bits per heavy atom. The average molecular weight is 581 g/mol. The van der Waals surface area contributed by atoms with Gasteiger partial charge in [-0.05, 0) is 54.6 Å². The van der Waals surface area contributed by atoms with Gasteiger partial charge < -0.3 is 13.3 Å². The van der Waals surface area contributed by atoms with E-state index in [0.717, 1.165) is 71.3 Å². The fraction of sp³-hybridized carbons (Fsp3) is 0. The van der Waals surface area contributed by atoms with Gasteiger partial charge >= 0.3 is 0 Å². The van der Waals surface area contributed by atoms with Crippen LogP contribution in [0.2, 0.25) is 0 Å². The summed E-state index contributed by atoms with van der Waals surface area (Å²) in [5.41, 5.74) is 7.00. The molecule has 0 spiro atoms. The number of fused-ring (bicyclic) bond motifs is 9. The first-order chi connectivity index (χ1) is 22.6. The lowest BCUT2D eigenvalue weighted by Gasteiger charge is -2.08. The van der Waals surface area contributed by atoms with Crippen LogP contribution in [0.25, 0.3) is 100.0 Å². The number of hydrogen-bond acceptors (Lipinski definition) is 6. The summed E-state index contributed by atoms with van der Waals surface area (Å²) >= 11 is 0. The highest BCUT2D eigenvalue weighted by atomic mass is 16.3. The number of rotatable bonds is 3. The number of para-hydroxylation sites is 3. The van der Waals surface area contributed by atoms with Crippen LogP contribution in [-0.4, -0.2) is 15.0 Å². The molecule has 10 aromatic rings. The highest BCUT2D eigenvalue weighted by Crippen LogP contribution is 2.36. The Morgan fingerprint density at radius 2 is 0.711 bits per heavy atom. The number of benzene rings is 6. The Bertz CT molecular complexity index is 2710. The van der Waals surface area contributed by atoms with Gasteiger partial charge in [0.05, 0.1) is 1.37 Å². The third-order valence-electron chi connectivity index (χ3n) is 8.49. The molecule has 0 saturated carbocycles. The summed E-state index contributed by atoms with van der Waals surface area (Å²) in [7, 11) is 0. The van der Waals surface area contributed by atoms with Gasteiger partial charge in [0.25, 0.3) is 0 Å². The van der Waals surface area contributed by atoms with Crippen LogP contribution in [0.1, 0.15) is 1.37 Å². The van der Waals surface area contributed by atoms with E-state index in [4.69, 9.17) is 29.6 Å². The van der Waals surface area contributed by atoms with Crippen LogP contribution in [0.5, 0.6) is 0 Å². The molecule has 6 heteroatoms. The maximum atomic E-state index is 8.00. The fourth-order valence-corrected chi connectivity index (χ4v) is 6.30. The van der Waals surface area contributed by atoms with Gasteiger partial charge in [-0.2, -0.15) is 0 Å². The van der Waals surface area contributed by atoms with Crippen LogP contribution in [0, 0.1) is 0 Å². The van der Waals surface area contributed by atoms with Crippen molar-refractivity contribution in [2.75, 3.05) is 0 Å². The first-order valence-electron chi connectivity index (χ1n) is 15.2. The molecule has 0 amide bonds. The highest BCUT2D eigenvalue weighted by Gasteiger charge is 2.17. The zero-order chi connectivity index (χ0) is 30.4. The molecule has 6 aromatic carbocycles. The van der Waals surface area contributed by atoms with Gasteiger partial charge in [-0.25, -0.2) is 15.0 Å². The van der Waals surface area contributed by atoms with Crippen LogP contribution in [0.3, 0.4) is 0 Å². The van der Waals surface area contributed by atoms with Crippen LogP contribution in [0.15, 0.2) is 141 Å². The average Bonchev–Trinajstić information content (AvgIpc) is 3.77. The van der Waals surface area contributed by atoms with E-state index >= 15 is 0 Å². The predicted octanol–water partition coefficient (Wildman–Crippen LogP) is 10.6. The molecule has 0 aliphatic carbocycles.